The van der Waals surface area contributed by atoms with Gasteiger partial charge in [0, 0.05) is 36.9 Å². The lowest BCUT2D eigenvalue weighted by atomic mass is 9.99. The van der Waals surface area contributed by atoms with Gasteiger partial charge in [-0.05, 0) is 91.8 Å². The van der Waals surface area contributed by atoms with E-state index in [2.05, 4.69) is 22.3 Å². The highest BCUT2D eigenvalue weighted by Gasteiger charge is 2.24. The quantitative estimate of drug-likeness (QED) is 0.240. The molecule has 3 aromatic rings. The van der Waals surface area contributed by atoms with Crippen LogP contribution >= 0.6 is 0 Å². The summed E-state index contributed by atoms with van der Waals surface area (Å²) in [7, 11) is -3.80. The Morgan fingerprint density at radius 2 is 1.71 bits per heavy atom. The zero-order chi connectivity index (χ0) is 29.7. The summed E-state index contributed by atoms with van der Waals surface area (Å²) in [5.41, 5.74) is 4.53. The highest BCUT2D eigenvalue weighted by molar-refractivity contribution is 7.92. The summed E-state index contributed by atoms with van der Waals surface area (Å²) in [5.74, 6) is 0.760. The Hall–Kier alpha value is -3.69. The van der Waals surface area contributed by atoms with Gasteiger partial charge in [-0.1, -0.05) is 49.9 Å². The normalized spacial score (nSPS) is 16.1. The number of anilines is 2. The molecule has 0 bridgehead atoms. The Kier molecular flexibility index (Phi) is 9.28. The van der Waals surface area contributed by atoms with Crippen molar-refractivity contribution in [1.29, 1.82) is 0 Å². The van der Waals surface area contributed by atoms with E-state index in [1.807, 2.05) is 18.2 Å². The van der Waals surface area contributed by atoms with Crippen LogP contribution in [0.1, 0.15) is 73.0 Å². The molecule has 8 nitrogen and oxygen atoms in total. The molecule has 2 amide bonds. The molecule has 1 fully saturated rings. The minimum Gasteiger partial charge on any atom is -0.320 e. The second-order valence-electron chi connectivity index (χ2n) is 11.6. The zero-order valence-electron chi connectivity index (χ0n) is 24.4. The van der Waals surface area contributed by atoms with Crippen LogP contribution in [0.5, 0.6) is 0 Å². The average molecular weight is 589 g/mol. The minimum absolute atomic E-state index is 0.0299. The van der Waals surface area contributed by atoms with E-state index >= 15 is 0 Å². The predicted octanol–water partition coefficient (Wildman–Crippen LogP) is 6.34. The molecule has 2 aliphatic rings. The first-order valence-electron chi connectivity index (χ1n) is 14.8. The number of para-hydroxylation sites is 1. The number of hydrogen-bond acceptors (Lipinski definition) is 5. The maximum atomic E-state index is 13.4. The van der Waals surface area contributed by atoms with E-state index in [-0.39, 0.29) is 16.7 Å². The molecule has 1 atom stereocenters. The predicted molar refractivity (Wildman–Crippen MR) is 166 cm³/mol. The van der Waals surface area contributed by atoms with Crippen molar-refractivity contribution in [1.82, 2.24) is 10.2 Å². The first-order chi connectivity index (χ1) is 20.2. The lowest BCUT2D eigenvalue weighted by molar-refractivity contribution is 0.101. The Bertz CT molecular complexity index is 1530. The topological polar surface area (TPSA) is 108 Å². The maximum absolute atomic E-state index is 13.4. The third-order valence-corrected chi connectivity index (χ3v) is 9.76. The average Bonchev–Trinajstić information content (AvgIpc) is 3.49. The molecule has 3 aromatic carbocycles. The van der Waals surface area contributed by atoms with Crippen LogP contribution in [0.3, 0.4) is 0 Å². The summed E-state index contributed by atoms with van der Waals surface area (Å²) >= 11 is 0. The van der Waals surface area contributed by atoms with Crippen LogP contribution in [0, 0.1) is 5.92 Å². The van der Waals surface area contributed by atoms with Gasteiger partial charge in [0.2, 0.25) is 0 Å². The molecule has 42 heavy (non-hydrogen) atoms. The molecule has 3 N–H and O–H groups in total. The van der Waals surface area contributed by atoms with Gasteiger partial charge >= 0.3 is 6.03 Å². The summed E-state index contributed by atoms with van der Waals surface area (Å²) < 4.78 is 29.7. The van der Waals surface area contributed by atoms with Gasteiger partial charge in [-0.15, -0.1) is 0 Å². The highest BCUT2D eigenvalue weighted by Crippen LogP contribution is 2.29. The zero-order valence-corrected chi connectivity index (χ0v) is 25.2. The van der Waals surface area contributed by atoms with Crippen LogP contribution in [0.25, 0.3) is 0 Å². The number of carbonyl (C=O) groups is 2. The number of nitrogens with one attached hydrogen (secondary N) is 3. The molecule has 0 radical (unpaired) electrons. The minimum atomic E-state index is -3.80. The van der Waals surface area contributed by atoms with Crippen molar-refractivity contribution in [3.05, 3.63) is 89.0 Å². The lowest BCUT2D eigenvalue weighted by Gasteiger charge is -2.29. The van der Waals surface area contributed by atoms with E-state index in [1.54, 1.807) is 53.4 Å². The van der Waals surface area contributed by atoms with Crippen molar-refractivity contribution in [2.45, 2.75) is 76.4 Å². The maximum Gasteiger partial charge on any atom is 0.322 e. The van der Waals surface area contributed by atoms with Gasteiger partial charge < -0.3 is 15.5 Å². The third-order valence-electron chi connectivity index (χ3n) is 8.39. The van der Waals surface area contributed by atoms with Gasteiger partial charge in [0.25, 0.3) is 10.0 Å². The molecule has 1 aliphatic carbocycles. The molecule has 1 aliphatic heterocycles. The summed E-state index contributed by atoms with van der Waals surface area (Å²) in [4.78, 5) is 26.3. The molecule has 0 unspecified atom stereocenters. The van der Waals surface area contributed by atoms with Gasteiger partial charge in [0.05, 0.1) is 10.6 Å². The highest BCUT2D eigenvalue weighted by atomic mass is 32.2. The monoisotopic (exact) mass is 588 g/mol. The number of fused-ring (bicyclic) bond motifs is 1. The molecule has 222 valence electrons. The van der Waals surface area contributed by atoms with Crippen molar-refractivity contribution >= 4 is 33.2 Å². The molecule has 1 saturated carbocycles. The first-order valence-corrected chi connectivity index (χ1v) is 16.3. The number of hydrogen-bond donors (Lipinski definition) is 3. The molecular weight excluding hydrogens is 548 g/mol. The second kappa shape index (κ2) is 13.1. The SMILES string of the molecule is CC(=O)c1ccc(NC(=O)N2CCc3cc(S(=O)(=O)Nc4ccccc4CN[C@@H](C)CC4CCCC4)ccc3C2)cc1. The fourth-order valence-corrected chi connectivity index (χ4v) is 7.10. The molecule has 0 spiro atoms. The van der Waals surface area contributed by atoms with E-state index in [1.165, 1.54) is 32.6 Å². The van der Waals surface area contributed by atoms with Crippen molar-refractivity contribution in [2.24, 2.45) is 5.92 Å². The Morgan fingerprint density at radius 1 is 0.976 bits per heavy atom. The largest absolute Gasteiger partial charge is 0.322 e. The number of ketones is 1. The van der Waals surface area contributed by atoms with Crippen molar-refractivity contribution < 1.29 is 18.0 Å². The Labute approximate surface area is 249 Å². The van der Waals surface area contributed by atoms with Gasteiger partial charge in [0.15, 0.2) is 5.78 Å². The molecule has 1 heterocycles. The number of urea groups is 1. The smallest absolute Gasteiger partial charge is 0.320 e. The molecule has 0 saturated heterocycles. The van der Waals surface area contributed by atoms with Crippen molar-refractivity contribution in [3.8, 4) is 0 Å². The summed E-state index contributed by atoms with van der Waals surface area (Å²) in [5, 5.41) is 6.46. The van der Waals surface area contributed by atoms with Crippen LogP contribution in [0.2, 0.25) is 0 Å². The van der Waals surface area contributed by atoms with Gasteiger partial charge in [0.1, 0.15) is 0 Å². The molecule has 9 heteroatoms. The number of rotatable bonds is 10. The third kappa shape index (κ3) is 7.38. The summed E-state index contributed by atoms with van der Waals surface area (Å²) in [6.45, 7) is 5.15. The first kappa shape index (κ1) is 29.8. The summed E-state index contributed by atoms with van der Waals surface area (Å²) in [6, 6.07) is 19.6. The van der Waals surface area contributed by atoms with E-state index in [4.69, 9.17) is 0 Å². The molecule has 0 aromatic heterocycles. The molecule has 5 rings (SSSR count). The number of nitrogens with zero attached hydrogens (tertiary/aromatic N) is 1. The Morgan fingerprint density at radius 3 is 2.45 bits per heavy atom. The van der Waals surface area contributed by atoms with Gasteiger partial charge in [-0.25, -0.2) is 13.2 Å². The van der Waals surface area contributed by atoms with Crippen LogP contribution in [-0.4, -0.2) is 37.7 Å². The second-order valence-corrected chi connectivity index (χ2v) is 13.3. The fraction of sp³-hybridized carbons (Fsp3) is 0.394. The van der Waals surface area contributed by atoms with Crippen molar-refractivity contribution in [3.63, 3.8) is 0 Å². The van der Waals surface area contributed by atoms with Gasteiger partial charge in [-0.3, -0.25) is 9.52 Å². The Balaban J connectivity index is 1.20. The van der Waals surface area contributed by atoms with E-state index in [9.17, 15) is 18.0 Å². The van der Waals surface area contributed by atoms with Crippen LogP contribution in [0.4, 0.5) is 16.2 Å². The van der Waals surface area contributed by atoms with Crippen molar-refractivity contribution in [2.75, 3.05) is 16.6 Å². The number of benzene rings is 3. The standard InChI is InChI=1S/C33H40N4O4S/c1-23(19-25-7-3-4-8-25)34-21-28-9-5-6-10-32(28)36-42(40,41)31-16-13-29-22-37(18-17-27(29)20-31)33(39)35-30-14-11-26(12-15-30)24(2)38/h5-6,9-16,20,23,25,34,36H,3-4,7-8,17-19,21-22H2,1-2H3,(H,35,39)/t23-/m0/s1. The lowest BCUT2D eigenvalue weighted by Crippen LogP contribution is -2.39. The van der Waals surface area contributed by atoms with E-state index in [0.29, 0.717) is 49.0 Å². The van der Waals surface area contributed by atoms with Gasteiger partial charge in [-0.2, -0.15) is 0 Å². The molecular formula is C33H40N4O4S. The number of sulfonamides is 1. The van der Waals surface area contributed by atoms with E-state index in [0.717, 1.165) is 29.0 Å². The number of Topliss-reactive ketones (excluding diaryl/α,β-unsaturated/α-hetero) is 1. The van der Waals surface area contributed by atoms with Crippen LogP contribution < -0.4 is 15.4 Å². The number of carbonyl (C=O) groups excluding carboxylic acids is 2. The summed E-state index contributed by atoms with van der Waals surface area (Å²) in [6.07, 6.45) is 6.98. The van der Waals surface area contributed by atoms with Crippen LogP contribution in [-0.2, 0) is 29.5 Å². The van der Waals surface area contributed by atoms with E-state index < -0.39 is 10.0 Å². The fourth-order valence-electron chi connectivity index (χ4n) is 5.95. The van der Waals surface area contributed by atoms with Crippen LogP contribution in [0.15, 0.2) is 71.6 Å². The number of amides is 2.